The fourth-order valence-electron chi connectivity index (χ4n) is 1.75. The maximum absolute atomic E-state index is 13.7. The van der Waals surface area contributed by atoms with Gasteiger partial charge in [0.1, 0.15) is 11.5 Å². The van der Waals surface area contributed by atoms with Crippen molar-refractivity contribution in [3.05, 3.63) is 53.8 Å². The minimum Gasteiger partial charge on any atom is -0.479 e. The first-order valence-electron chi connectivity index (χ1n) is 6.71. The monoisotopic (exact) mass is 344 g/mol. The maximum atomic E-state index is 13.7. The SMILES string of the molecule is C[C@@H](Oc1cccc(Oc2ccc(C(F)(F)F)cc2F)c1)C(=O)O. The molecule has 0 unspecified atom stereocenters. The van der Waals surface area contributed by atoms with Gasteiger partial charge in [-0.1, -0.05) is 6.07 Å². The van der Waals surface area contributed by atoms with Crippen LogP contribution in [0.5, 0.6) is 17.2 Å². The van der Waals surface area contributed by atoms with Crippen molar-refractivity contribution >= 4 is 5.97 Å². The summed E-state index contributed by atoms with van der Waals surface area (Å²) in [5.74, 6) is -2.49. The molecule has 0 amide bonds. The first-order chi connectivity index (χ1) is 11.2. The number of benzene rings is 2. The Morgan fingerprint density at radius 1 is 1.12 bits per heavy atom. The first-order valence-corrected chi connectivity index (χ1v) is 6.71. The minimum atomic E-state index is -4.65. The van der Waals surface area contributed by atoms with Crippen LogP contribution in [0.25, 0.3) is 0 Å². The van der Waals surface area contributed by atoms with E-state index in [2.05, 4.69) is 0 Å². The van der Waals surface area contributed by atoms with Crippen LogP contribution in [0.4, 0.5) is 17.6 Å². The molecule has 2 rings (SSSR count). The van der Waals surface area contributed by atoms with E-state index in [4.69, 9.17) is 14.6 Å². The van der Waals surface area contributed by atoms with Crippen molar-refractivity contribution in [1.82, 2.24) is 0 Å². The second-order valence-corrected chi connectivity index (χ2v) is 4.82. The molecule has 8 heteroatoms. The molecule has 1 atom stereocenters. The zero-order valence-electron chi connectivity index (χ0n) is 12.3. The van der Waals surface area contributed by atoms with Crippen molar-refractivity contribution in [2.75, 3.05) is 0 Å². The van der Waals surface area contributed by atoms with Gasteiger partial charge in [-0.25, -0.2) is 9.18 Å². The van der Waals surface area contributed by atoms with Crippen LogP contribution < -0.4 is 9.47 Å². The van der Waals surface area contributed by atoms with Crippen LogP contribution in [-0.2, 0) is 11.0 Å². The molecule has 24 heavy (non-hydrogen) atoms. The van der Waals surface area contributed by atoms with Crippen LogP contribution in [-0.4, -0.2) is 17.2 Å². The number of halogens is 4. The normalized spacial score (nSPS) is 12.5. The minimum absolute atomic E-state index is 0.0868. The van der Waals surface area contributed by atoms with E-state index in [1.807, 2.05) is 0 Å². The number of hydrogen-bond donors (Lipinski definition) is 1. The van der Waals surface area contributed by atoms with Crippen LogP contribution >= 0.6 is 0 Å². The number of carboxylic acid groups (broad SMARTS) is 1. The average Bonchev–Trinajstić information content (AvgIpc) is 2.48. The zero-order chi connectivity index (χ0) is 17.9. The smallest absolute Gasteiger partial charge is 0.416 e. The summed E-state index contributed by atoms with van der Waals surface area (Å²) < 4.78 is 61.5. The van der Waals surface area contributed by atoms with Gasteiger partial charge >= 0.3 is 12.1 Å². The van der Waals surface area contributed by atoms with Crippen LogP contribution in [0.3, 0.4) is 0 Å². The van der Waals surface area contributed by atoms with Gasteiger partial charge in [0.2, 0.25) is 0 Å². The number of ether oxygens (including phenoxy) is 2. The molecule has 2 aromatic rings. The maximum Gasteiger partial charge on any atom is 0.416 e. The van der Waals surface area contributed by atoms with Crippen molar-refractivity contribution in [1.29, 1.82) is 0 Å². The van der Waals surface area contributed by atoms with E-state index in [0.29, 0.717) is 12.1 Å². The Morgan fingerprint density at radius 2 is 1.79 bits per heavy atom. The Balaban J connectivity index is 2.18. The van der Waals surface area contributed by atoms with Gasteiger partial charge in [-0.15, -0.1) is 0 Å². The summed E-state index contributed by atoms with van der Waals surface area (Å²) in [6.07, 6.45) is -5.76. The van der Waals surface area contributed by atoms with Crippen molar-refractivity contribution in [3.63, 3.8) is 0 Å². The van der Waals surface area contributed by atoms with Gasteiger partial charge in [0.25, 0.3) is 0 Å². The molecular formula is C16H12F4O4. The lowest BCUT2D eigenvalue weighted by molar-refractivity contribution is -0.144. The Bertz CT molecular complexity index is 743. The Morgan fingerprint density at radius 3 is 2.38 bits per heavy atom. The number of carbonyl (C=O) groups is 1. The molecule has 0 aliphatic carbocycles. The molecule has 0 saturated heterocycles. The fraction of sp³-hybridized carbons (Fsp3) is 0.188. The Kier molecular flexibility index (Phi) is 4.96. The number of hydrogen-bond acceptors (Lipinski definition) is 3. The molecule has 0 fully saturated rings. The summed E-state index contributed by atoms with van der Waals surface area (Å²) in [6, 6.07) is 7.57. The molecule has 0 aliphatic rings. The second-order valence-electron chi connectivity index (χ2n) is 4.82. The first kappa shape index (κ1) is 17.6. The highest BCUT2D eigenvalue weighted by molar-refractivity contribution is 5.72. The lowest BCUT2D eigenvalue weighted by atomic mass is 10.2. The summed E-state index contributed by atoms with van der Waals surface area (Å²) in [7, 11) is 0. The zero-order valence-corrected chi connectivity index (χ0v) is 12.3. The molecule has 4 nitrogen and oxygen atoms in total. The third-order valence-electron chi connectivity index (χ3n) is 2.95. The standard InChI is InChI=1S/C16H12F4O4/c1-9(15(21)22)23-11-3-2-4-12(8-11)24-14-6-5-10(7-13(14)17)16(18,19)20/h2-9H,1H3,(H,21,22)/t9-/m1/s1. The van der Waals surface area contributed by atoms with Crippen molar-refractivity contribution in [3.8, 4) is 17.2 Å². The second kappa shape index (κ2) is 6.77. The molecule has 0 spiro atoms. The number of rotatable bonds is 5. The molecule has 0 aliphatic heterocycles. The molecule has 0 bridgehead atoms. The van der Waals surface area contributed by atoms with Gasteiger partial charge in [0.15, 0.2) is 17.7 Å². The van der Waals surface area contributed by atoms with Gasteiger partial charge in [-0.2, -0.15) is 13.2 Å². The lowest BCUT2D eigenvalue weighted by Gasteiger charge is -2.13. The number of carboxylic acids is 1. The molecule has 128 valence electrons. The third kappa shape index (κ3) is 4.37. The summed E-state index contributed by atoms with van der Waals surface area (Å²) in [4.78, 5) is 10.7. The molecule has 0 saturated carbocycles. The van der Waals surface area contributed by atoms with E-state index in [1.54, 1.807) is 0 Å². The molecule has 1 N–H and O–H groups in total. The van der Waals surface area contributed by atoms with E-state index in [0.717, 1.165) is 6.07 Å². The summed E-state index contributed by atoms with van der Waals surface area (Å²) in [6.45, 7) is 1.32. The predicted molar refractivity (Wildman–Crippen MR) is 75.6 cm³/mol. The predicted octanol–water partition coefficient (Wildman–Crippen LogP) is 4.49. The van der Waals surface area contributed by atoms with Gasteiger partial charge in [-0.05, 0) is 37.3 Å². The average molecular weight is 344 g/mol. The van der Waals surface area contributed by atoms with E-state index < -0.39 is 35.4 Å². The van der Waals surface area contributed by atoms with E-state index in [-0.39, 0.29) is 11.5 Å². The Labute approximate surface area is 134 Å². The van der Waals surface area contributed by atoms with Gasteiger partial charge in [0, 0.05) is 6.07 Å². The highest BCUT2D eigenvalue weighted by Crippen LogP contribution is 2.34. The molecule has 0 radical (unpaired) electrons. The van der Waals surface area contributed by atoms with Crippen molar-refractivity contribution in [2.45, 2.75) is 19.2 Å². The van der Waals surface area contributed by atoms with E-state index in [9.17, 15) is 22.4 Å². The van der Waals surface area contributed by atoms with Crippen LogP contribution in [0.1, 0.15) is 12.5 Å². The van der Waals surface area contributed by atoms with Crippen molar-refractivity contribution in [2.24, 2.45) is 0 Å². The number of alkyl halides is 3. The van der Waals surface area contributed by atoms with Gasteiger partial charge in [-0.3, -0.25) is 0 Å². The summed E-state index contributed by atoms with van der Waals surface area (Å²) in [5.41, 5.74) is -1.13. The largest absolute Gasteiger partial charge is 0.479 e. The van der Waals surface area contributed by atoms with Crippen LogP contribution in [0.2, 0.25) is 0 Å². The third-order valence-corrected chi connectivity index (χ3v) is 2.95. The highest BCUT2D eigenvalue weighted by Gasteiger charge is 2.31. The van der Waals surface area contributed by atoms with Gasteiger partial charge < -0.3 is 14.6 Å². The summed E-state index contributed by atoms with van der Waals surface area (Å²) in [5, 5.41) is 8.78. The van der Waals surface area contributed by atoms with Crippen molar-refractivity contribution < 1.29 is 36.9 Å². The van der Waals surface area contributed by atoms with E-state index in [1.165, 1.54) is 31.2 Å². The Hall–Kier alpha value is -2.77. The topological polar surface area (TPSA) is 55.8 Å². The van der Waals surface area contributed by atoms with E-state index >= 15 is 0 Å². The van der Waals surface area contributed by atoms with Crippen LogP contribution in [0, 0.1) is 5.82 Å². The molecule has 0 aromatic heterocycles. The molecule has 0 heterocycles. The molecule has 2 aromatic carbocycles. The highest BCUT2D eigenvalue weighted by atomic mass is 19.4. The van der Waals surface area contributed by atoms with Crippen LogP contribution in [0.15, 0.2) is 42.5 Å². The fourth-order valence-corrected chi connectivity index (χ4v) is 1.75. The molecular weight excluding hydrogens is 332 g/mol. The quantitative estimate of drug-likeness (QED) is 0.812. The van der Waals surface area contributed by atoms with Gasteiger partial charge in [0.05, 0.1) is 5.56 Å². The number of aliphatic carboxylic acids is 1. The summed E-state index contributed by atoms with van der Waals surface area (Å²) >= 11 is 0. The lowest BCUT2D eigenvalue weighted by Crippen LogP contribution is -2.22.